The standard InChI is InChI=1S/C21H20F2N2/c22-17-10-6-14(7-11-17)19-20(15-8-12-18(23)13-9-15)25-21(24-19)16-4-2-1-3-5-16/h6-13,16H,1-5H2,(H,24,25). The number of aromatic amines is 1. The van der Waals surface area contributed by atoms with Gasteiger partial charge in [0, 0.05) is 17.0 Å². The number of H-pyrrole nitrogens is 1. The van der Waals surface area contributed by atoms with E-state index in [1.165, 1.54) is 43.5 Å². The van der Waals surface area contributed by atoms with Gasteiger partial charge in [-0.15, -0.1) is 0 Å². The van der Waals surface area contributed by atoms with Crippen LogP contribution in [0.2, 0.25) is 0 Å². The molecule has 1 aliphatic rings. The van der Waals surface area contributed by atoms with Gasteiger partial charge in [-0.05, 0) is 61.4 Å². The Hall–Kier alpha value is -2.49. The molecule has 0 radical (unpaired) electrons. The lowest BCUT2D eigenvalue weighted by atomic mass is 9.89. The summed E-state index contributed by atoms with van der Waals surface area (Å²) in [4.78, 5) is 8.33. The van der Waals surface area contributed by atoms with E-state index >= 15 is 0 Å². The van der Waals surface area contributed by atoms with Crippen LogP contribution in [0.25, 0.3) is 22.5 Å². The fraction of sp³-hybridized carbons (Fsp3) is 0.286. The van der Waals surface area contributed by atoms with Crippen LogP contribution in [0.1, 0.15) is 43.8 Å². The fourth-order valence-corrected chi connectivity index (χ4v) is 3.60. The highest BCUT2D eigenvalue weighted by Gasteiger charge is 2.22. The van der Waals surface area contributed by atoms with Crippen molar-refractivity contribution in [3.05, 3.63) is 66.0 Å². The van der Waals surface area contributed by atoms with Crippen molar-refractivity contribution < 1.29 is 8.78 Å². The van der Waals surface area contributed by atoms with Crippen molar-refractivity contribution in [2.45, 2.75) is 38.0 Å². The number of imidazole rings is 1. The zero-order chi connectivity index (χ0) is 17.2. The first kappa shape index (κ1) is 16.0. The van der Waals surface area contributed by atoms with E-state index in [1.54, 1.807) is 24.3 Å². The van der Waals surface area contributed by atoms with Gasteiger partial charge in [-0.3, -0.25) is 0 Å². The molecular formula is C21H20F2N2. The lowest BCUT2D eigenvalue weighted by Crippen LogP contribution is -2.06. The number of hydrogen-bond donors (Lipinski definition) is 1. The van der Waals surface area contributed by atoms with Crippen LogP contribution in [0.5, 0.6) is 0 Å². The van der Waals surface area contributed by atoms with Crippen LogP contribution in [0.3, 0.4) is 0 Å². The Balaban J connectivity index is 1.80. The van der Waals surface area contributed by atoms with E-state index in [4.69, 9.17) is 4.98 Å². The van der Waals surface area contributed by atoms with Gasteiger partial charge in [0.1, 0.15) is 17.5 Å². The molecule has 0 atom stereocenters. The maximum Gasteiger partial charge on any atom is 0.123 e. The van der Waals surface area contributed by atoms with Crippen molar-refractivity contribution in [3.63, 3.8) is 0 Å². The number of aromatic nitrogens is 2. The van der Waals surface area contributed by atoms with E-state index in [1.807, 2.05) is 0 Å². The highest BCUT2D eigenvalue weighted by Crippen LogP contribution is 2.36. The summed E-state index contributed by atoms with van der Waals surface area (Å²) in [6.45, 7) is 0. The second kappa shape index (κ2) is 6.79. The maximum atomic E-state index is 13.3. The van der Waals surface area contributed by atoms with E-state index in [9.17, 15) is 8.78 Å². The molecule has 1 fully saturated rings. The molecule has 1 saturated carbocycles. The summed E-state index contributed by atoms with van der Waals surface area (Å²) in [5, 5.41) is 0. The van der Waals surface area contributed by atoms with Gasteiger partial charge >= 0.3 is 0 Å². The Labute approximate surface area is 145 Å². The van der Waals surface area contributed by atoms with E-state index in [0.717, 1.165) is 41.2 Å². The van der Waals surface area contributed by atoms with Crippen LogP contribution < -0.4 is 0 Å². The number of benzene rings is 2. The number of hydrogen-bond acceptors (Lipinski definition) is 1. The molecule has 0 spiro atoms. The molecule has 2 aromatic carbocycles. The number of nitrogens with zero attached hydrogens (tertiary/aromatic N) is 1. The van der Waals surface area contributed by atoms with Crippen molar-refractivity contribution in [3.8, 4) is 22.5 Å². The molecule has 0 aliphatic heterocycles. The number of halogens is 2. The van der Waals surface area contributed by atoms with Crippen LogP contribution in [-0.4, -0.2) is 9.97 Å². The highest BCUT2D eigenvalue weighted by molar-refractivity contribution is 5.78. The molecule has 0 bridgehead atoms. The quantitative estimate of drug-likeness (QED) is 0.617. The molecule has 1 N–H and O–H groups in total. The smallest absolute Gasteiger partial charge is 0.123 e. The predicted octanol–water partition coefficient (Wildman–Crippen LogP) is 6.07. The minimum Gasteiger partial charge on any atom is -0.341 e. The fourth-order valence-electron chi connectivity index (χ4n) is 3.60. The third kappa shape index (κ3) is 3.34. The molecule has 1 aromatic heterocycles. The Morgan fingerprint density at radius 2 is 1.32 bits per heavy atom. The second-order valence-corrected chi connectivity index (χ2v) is 6.69. The molecule has 0 amide bonds. The summed E-state index contributed by atoms with van der Waals surface area (Å²) < 4.78 is 26.6. The molecule has 1 aliphatic carbocycles. The van der Waals surface area contributed by atoms with Gasteiger partial charge in [0.15, 0.2) is 0 Å². The average Bonchev–Trinajstić information content (AvgIpc) is 3.09. The lowest BCUT2D eigenvalue weighted by Gasteiger charge is -2.19. The van der Waals surface area contributed by atoms with Gasteiger partial charge in [0.05, 0.1) is 11.4 Å². The summed E-state index contributed by atoms with van der Waals surface area (Å²) in [6.07, 6.45) is 6.01. The molecule has 1 heterocycles. The van der Waals surface area contributed by atoms with E-state index in [-0.39, 0.29) is 11.6 Å². The summed E-state index contributed by atoms with van der Waals surface area (Å²) >= 11 is 0. The Bertz CT molecular complexity index is 782. The van der Waals surface area contributed by atoms with Gasteiger partial charge < -0.3 is 4.98 Å². The minimum atomic E-state index is -0.268. The van der Waals surface area contributed by atoms with Crippen molar-refractivity contribution in [1.82, 2.24) is 9.97 Å². The summed E-state index contributed by atoms with van der Waals surface area (Å²) in [6, 6.07) is 12.8. The maximum absolute atomic E-state index is 13.3. The average molecular weight is 338 g/mol. The first-order valence-electron chi connectivity index (χ1n) is 8.82. The zero-order valence-corrected chi connectivity index (χ0v) is 13.9. The largest absolute Gasteiger partial charge is 0.341 e. The van der Waals surface area contributed by atoms with Gasteiger partial charge in [-0.1, -0.05) is 19.3 Å². The van der Waals surface area contributed by atoms with Crippen LogP contribution in [0, 0.1) is 11.6 Å². The molecule has 4 heteroatoms. The van der Waals surface area contributed by atoms with Crippen LogP contribution >= 0.6 is 0 Å². The van der Waals surface area contributed by atoms with Crippen molar-refractivity contribution in [2.75, 3.05) is 0 Å². The minimum absolute atomic E-state index is 0.265. The van der Waals surface area contributed by atoms with E-state index in [0.29, 0.717) is 5.92 Å². The van der Waals surface area contributed by atoms with Gasteiger partial charge in [0.25, 0.3) is 0 Å². The summed E-state index contributed by atoms with van der Waals surface area (Å²) in [5.74, 6) is 0.884. The van der Waals surface area contributed by atoms with E-state index < -0.39 is 0 Å². The SMILES string of the molecule is Fc1ccc(-c2nc(C3CCCCC3)[nH]c2-c2ccc(F)cc2)cc1. The Morgan fingerprint density at radius 3 is 1.92 bits per heavy atom. The summed E-state index contributed by atoms with van der Waals surface area (Å²) in [7, 11) is 0. The second-order valence-electron chi connectivity index (χ2n) is 6.69. The predicted molar refractivity (Wildman–Crippen MR) is 95.2 cm³/mol. The lowest BCUT2D eigenvalue weighted by molar-refractivity contribution is 0.431. The molecule has 4 rings (SSSR count). The normalized spacial score (nSPS) is 15.4. The topological polar surface area (TPSA) is 28.7 Å². The molecule has 3 aromatic rings. The Kier molecular flexibility index (Phi) is 4.35. The highest BCUT2D eigenvalue weighted by atomic mass is 19.1. The Morgan fingerprint density at radius 1 is 0.760 bits per heavy atom. The van der Waals surface area contributed by atoms with Gasteiger partial charge in [-0.2, -0.15) is 0 Å². The van der Waals surface area contributed by atoms with Crippen molar-refractivity contribution >= 4 is 0 Å². The molecule has 25 heavy (non-hydrogen) atoms. The molecule has 0 unspecified atom stereocenters. The van der Waals surface area contributed by atoms with Crippen LogP contribution in [-0.2, 0) is 0 Å². The monoisotopic (exact) mass is 338 g/mol. The van der Waals surface area contributed by atoms with Crippen molar-refractivity contribution in [1.29, 1.82) is 0 Å². The third-order valence-corrected chi connectivity index (χ3v) is 4.96. The zero-order valence-electron chi connectivity index (χ0n) is 13.9. The third-order valence-electron chi connectivity index (χ3n) is 4.96. The molecule has 128 valence electrons. The van der Waals surface area contributed by atoms with Gasteiger partial charge in [-0.25, -0.2) is 13.8 Å². The first-order valence-corrected chi connectivity index (χ1v) is 8.82. The van der Waals surface area contributed by atoms with Crippen molar-refractivity contribution in [2.24, 2.45) is 0 Å². The molecule has 0 saturated heterocycles. The summed E-state index contributed by atoms with van der Waals surface area (Å²) in [5.41, 5.74) is 3.41. The van der Waals surface area contributed by atoms with Crippen LogP contribution in [0.4, 0.5) is 8.78 Å². The molecular weight excluding hydrogens is 318 g/mol. The number of rotatable bonds is 3. The molecule has 2 nitrogen and oxygen atoms in total. The van der Waals surface area contributed by atoms with Gasteiger partial charge in [0.2, 0.25) is 0 Å². The first-order chi connectivity index (χ1) is 12.2. The number of nitrogens with one attached hydrogen (secondary N) is 1. The van der Waals surface area contributed by atoms with E-state index in [2.05, 4.69) is 4.98 Å². The van der Waals surface area contributed by atoms with Crippen LogP contribution in [0.15, 0.2) is 48.5 Å².